The molecule has 0 fully saturated rings. The molecule has 0 aliphatic rings. The Balaban J connectivity index is 0.000000360. The van der Waals surface area contributed by atoms with Crippen molar-refractivity contribution in [1.82, 2.24) is 4.90 Å². The lowest BCUT2D eigenvalue weighted by Gasteiger charge is -2.28. The predicted molar refractivity (Wildman–Crippen MR) is 159 cm³/mol. The van der Waals surface area contributed by atoms with Gasteiger partial charge >= 0.3 is 17.9 Å². The van der Waals surface area contributed by atoms with Gasteiger partial charge < -0.3 is 44.2 Å². The molecule has 0 saturated heterocycles. The smallest absolute Gasteiger partial charge is 0.336 e. The molecule has 242 valence electrons. The van der Waals surface area contributed by atoms with Crippen molar-refractivity contribution in [3.8, 4) is 11.5 Å². The van der Waals surface area contributed by atoms with Crippen molar-refractivity contribution in [3.05, 3.63) is 70.3 Å². The largest absolute Gasteiger partial charge is 0.506 e. The van der Waals surface area contributed by atoms with E-state index in [1.54, 1.807) is 13.0 Å². The highest BCUT2D eigenvalue weighted by atomic mass is 16.5. The highest BCUT2D eigenvalue weighted by Crippen LogP contribution is 2.42. The number of aliphatic hydroxyl groups is 2. The van der Waals surface area contributed by atoms with Gasteiger partial charge in [0.05, 0.1) is 24.5 Å². The Labute approximate surface area is 256 Å². The molecule has 2 aromatic heterocycles. The van der Waals surface area contributed by atoms with E-state index in [1.165, 1.54) is 12.3 Å². The Morgan fingerprint density at radius 3 is 2.18 bits per heavy atom. The number of furan rings is 1. The molecule has 14 nitrogen and oxygen atoms in total. The first-order valence-corrected chi connectivity index (χ1v) is 13.8. The van der Waals surface area contributed by atoms with Crippen molar-refractivity contribution >= 4 is 39.8 Å². The number of aliphatic carboxylic acids is 3. The summed E-state index contributed by atoms with van der Waals surface area (Å²) in [5.74, 6) is -4.48. The second kappa shape index (κ2) is 14.7. The molecule has 0 saturated carbocycles. The number of fused-ring (bicyclic) bond motifs is 2. The number of hydrogen-bond donors (Lipinski definition) is 6. The molecular formula is C31H35NO13. The zero-order valence-electron chi connectivity index (χ0n) is 24.8. The van der Waals surface area contributed by atoms with Crippen LogP contribution in [0.3, 0.4) is 0 Å². The second-order valence-corrected chi connectivity index (χ2v) is 10.7. The minimum Gasteiger partial charge on any atom is -0.506 e. The Kier molecular flexibility index (Phi) is 11.3. The summed E-state index contributed by atoms with van der Waals surface area (Å²) in [6, 6.07) is 13.2. The van der Waals surface area contributed by atoms with Gasteiger partial charge in [0, 0.05) is 25.2 Å². The number of hydrogen-bond acceptors (Lipinski definition) is 11. The molecule has 0 bridgehead atoms. The summed E-state index contributed by atoms with van der Waals surface area (Å²) in [6.07, 6.45) is -1.84. The molecule has 4 aromatic rings. The second-order valence-electron chi connectivity index (χ2n) is 10.7. The number of ether oxygens (including phenoxy) is 1. The number of phenols is 1. The fourth-order valence-electron chi connectivity index (χ4n) is 4.53. The fourth-order valence-corrected chi connectivity index (χ4v) is 4.53. The van der Waals surface area contributed by atoms with Crippen LogP contribution >= 0.6 is 0 Å². The molecule has 0 spiro atoms. The molecule has 45 heavy (non-hydrogen) atoms. The number of nitrogens with zero attached hydrogens (tertiary/aromatic N) is 1. The maximum absolute atomic E-state index is 12.4. The Morgan fingerprint density at radius 2 is 1.62 bits per heavy atom. The Morgan fingerprint density at radius 1 is 1.00 bits per heavy atom. The first kappa shape index (κ1) is 34.6. The van der Waals surface area contributed by atoms with Crippen LogP contribution in [0.2, 0.25) is 0 Å². The average Bonchev–Trinajstić information content (AvgIpc) is 3.34. The van der Waals surface area contributed by atoms with Crippen LogP contribution in [-0.4, -0.2) is 84.3 Å². The number of benzene rings is 2. The minimum atomic E-state index is -2.74. The van der Waals surface area contributed by atoms with Gasteiger partial charge in [-0.2, -0.15) is 0 Å². The van der Waals surface area contributed by atoms with Crippen molar-refractivity contribution in [3.63, 3.8) is 0 Å². The normalized spacial score (nSPS) is 12.2. The van der Waals surface area contributed by atoms with E-state index in [0.29, 0.717) is 24.2 Å². The maximum Gasteiger partial charge on any atom is 0.336 e. The summed E-state index contributed by atoms with van der Waals surface area (Å²) in [5.41, 5.74) is -1.59. The van der Waals surface area contributed by atoms with Gasteiger partial charge in [0.25, 0.3) is 0 Å². The molecule has 1 unspecified atom stereocenters. The highest BCUT2D eigenvalue weighted by molar-refractivity contribution is 6.06. The summed E-state index contributed by atoms with van der Waals surface area (Å²) in [4.78, 5) is 45.0. The third-order valence-electron chi connectivity index (χ3n) is 6.75. The van der Waals surface area contributed by atoms with Crippen LogP contribution in [0.1, 0.15) is 38.0 Å². The molecule has 14 heteroatoms. The topological polar surface area (TPSA) is 228 Å². The van der Waals surface area contributed by atoms with Crippen LogP contribution < -0.4 is 10.2 Å². The fraction of sp³-hybridized carbons (Fsp3) is 0.355. The van der Waals surface area contributed by atoms with Crippen molar-refractivity contribution in [1.29, 1.82) is 0 Å². The molecule has 2 heterocycles. The van der Waals surface area contributed by atoms with E-state index >= 15 is 0 Å². The quantitative estimate of drug-likeness (QED) is 0.125. The van der Waals surface area contributed by atoms with Gasteiger partial charge in [0.15, 0.2) is 22.2 Å². The van der Waals surface area contributed by atoms with E-state index in [1.807, 2.05) is 18.2 Å². The van der Waals surface area contributed by atoms with E-state index in [2.05, 4.69) is 30.9 Å². The number of aryl methyl sites for hydroxylation is 1. The highest BCUT2D eigenvalue weighted by Gasteiger charge is 2.40. The SMILES string of the molecule is Cc1cc2c(O)c3c(=O)ccoc3c(OCC(O)CN(Cc3ccccc3)C(C)C)c2o1.O=C(O)CC(O)(CC(=O)O)C(=O)O. The van der Waals surface area contributed by atoms with Gasteiger partial charge in [0.1, 0.15) is 29.6 Å². The molecule has 6 N–H and O–H groups in total. The number of carboxylic acid groups (broad SMARTS) is 3. The van der Waals surface area contributed by atoms with Crippen LogP contribution in [0, 0.1) is 6.92 Å². The summed E-state index contributed by atoms with van der Waals surface area (Å²) in [5, 5.41) is 55.5. The standard InChI is InChI=1S/C25H27NO6.C6H8O7/c1-15(2)26(12-17-7-5-4-6-8-17)13-18(27)14-31-25-23-19(11-16(3)32-23)22(29)21-20(28)9-10-30-24(21)25;7-3(8)1-6(13,5(11)12)2-4(9)10/h4-11,15,18,27,29H,12-14H2,1-3H3;13H,1-2H2,(H,7,8)(H,9,10)(H,11,12). The minimum absolute atomic E-state index is 0.0261. The van der Waals surface area contributed by atoms with Gasteiger partial charge in [0.2, 0.25) is 5.75 Å². The number of aromatic hydroxyl groups is 1. The van der Waals surface area contributed by atoms with E-state index in [-0.39, 0.29) is 46.1 Å². The van der Waals surface area contributed by atoms with Crippen LogP contribution in [-0.2, 0) is 20.9 Å². The number of rotatable bonds is 13. The van der Waals surface area contributed by atoms with Crippen LogP contribution in [0.25, 0.3) is 21.9 Å². The van der Waals surface area contributed by atoms with Crippen LogP contribution in [0.4, 0.5) is 0 Å². The first-order chi connectivity index (χ1) is 21.1. The predicted octanol–water partition coefficient (Wildman–Crippen LogP) is 2.96. The Bertz CT molecular complexity index is 1690. The molecule has 0 radical (unpaired) electrons. The van der Waals surface area contributed by atoms with E-state index < -0.39 is 42.5 Å². The zero-order chi connectivity index (χ0) is 33.5. The van der Waals surface area contributed by atoms with E-state index in [4.69, 9.17) is 34.0 Å². The number of phenolic OH excluding ortho intramolecular Hbond substituents is 1. The first-order valence-electron chi connectivity index (χ1n) is 13.8. The lowest BCUT2D eigenvalue weighted by molar-refractivity contribution is -0.170. The molecule has 0 aliphatic carbocycles. The van der Waals surface area contributed by atoms with Gasteiger partial charge in [-0.1, -0.05) is 30.3 Å². The van der Waals surface area contributed by atoms with Crippen molar-refractivity contribution in [2.24, 2.45) is 0 Å². The number of carboxylic acids is 3. The summed E-state index contributed by atoms with van der Waals surface area (Å²) in [7, 11) is 0. The third kappa shape index (κ3) is 8.81. The molecule has 4 rings (SSSR count). The maximum atomic E-state index is 12.4. The van der Waals surface area contributed by atoms with Crippen molar-refractivity contribution in [2.75, 3.05) is 13.2 Å². The zero-order valence-corrected chi connectivity index (χ0v) is 24.8. The lowest BCUT2D eigenvalue weighted by atomic mass is 9.96. The monoisotopic (exact) mass is 629 g/mol. The van der Waals surface area contributed by atoms with Gasteiger partial charge in [-0.3, -0.25) is 19.3 Å². The van der Waals surface area contributed by atoms with Crippen LogP contribution in [0.5, 0.6) is 11.5 Å². The number of carbonyl (C=O) groups is 3. The van der Waals surface area contributed by atoms with Crippen LogP contribution in [0.15, 0.2) is 62.4 Å². The van der Waals surface area contributed by atoms with Gasteiger partial charge in [-0.15, -0.1) is 0 Å². The molecule has 0 amide bonds. The molecule has 0 aliphatic heterocycles. The Hall–Kier alpha value is -4.92. The summed E-state index contributed by atoms with van der Waals surface area (Å²) >= 11 is 0. The van der Waals surface area contributed by atoms with Gasteiger partial charge in [-0.25, -0.2) is 4.79 Å². The molecular weight excluding hydrogens is 594 g/mol. The molecule has 2 aromatic carbocycles. The summed E-state index contributed by atoms with van der Waals surface area (Å²) in [6.45, 7) is 6.95. The van der Waals surface area contributed by atoms with Gasteiger partial charge in [-0.05, 0) is 32.4 Å². The summed E-state index contributed by atoms with van der Waals surface area (Å²) < 4.78 is 17.2. The third-order valence-corrected chi connectivity index (χ3v) is 6.75. The molecule has 1 atom stereocenters. The lowest BCUT2D eigenvalue weighted by Crippen LogP contribution is -2.42. The number of aliphatic hydroxyl groups excluding tert-OH is 1. The van der Waals surface area contributed by atoms with E-state index in [9.17, 15) is 29.4 Å². The van der Waals surface area contributed by atoms with Crippen molar-refractivity contribution < 1.29 is 58.6 Å². The average molecular weight is 630 g/mol. The van der Waals surface area contributed by atoms with Crippen molar-refractivity contribution in [2.45, 2.75) is 57.9 Å². The van der Waals surface area contributed by atoms with E-state index in [0.717, 1.165) is 5.56 Å².